The third kappa shape index (κ3) is 3.38. The first-order chi connectivity index (χ1) is 22.4. The Kier molecular flexibility index (Phi) is 5.47. The lowest BCUT2D eigenvalue weighted by atomic mass is 9.75. The lowest BCUT2D eigenvalue weighted by Crippen LogP contribution is -2.29. The molecular formula is C44H44N2. The Morgan fingerprint density at radius 2 is 0.848 bits per heavy atom. The number of nitrogens with zero attached hydrogens (tertiary/aromatic N) is 2. The molecular weight excluding hydrogens is 556 g/mol. The van der Waals surface area contributed by atoms with E-state index in [4.69, 9.17) is 0 Å². The van der Waals surface area contributed by atoms with Crippen molar-refractivity contribution in [2.75, 3.05) is 36.0 Å². The summed E-state index contributed by atoms with van der Waals surface area (Å²) in [6.07, 6.45) is 7.94. The molecule has 0 radical (unpaired) electrons. The second-order valence-electron chi connectivity index (χ2n) is 15.8. The summed E-state index contributed by atoms with van der Waals surface area (Å²) in [7, 11) is 0. The summed E-state index contributed by atoms with van der Waals surface area (Å²) in [6, 6.07) is 29.2. The van der Waals surface area contributed by atoms with Gasteiger partial charge >= 0.3 is 0 Å². The first kappa shape index (κ1) is 27.1. The van der Waals surface area contributed by atoms with E-state index < -0.39 is 0 Å². The van der Waals surface area contributed by atoms with Gasteiger partial charge in [-0.05, 0) is 140 Å². The van der Waals surface area contributed by atoms with Gasteiger partial charge in [-0.15, -0.1) is 0 Å². The van der Waals surface area contributed by atoms with Gasteiger partial charge < -0.3 is 9.80 Å². The smallest absolute Gasteiger partial charge is 0.0369 e. The summed E-state index contributed by atoms with van der Waals surface area (Å²) in [4.78, 5) is 5.24. The van der Waals surface area contributed by atoms with Gasteiger partial charge in [0.05, 0.1) is 0 Å². The third-order valence-corrected chi connectivity index (χ3v) is 12.5. The third-order valence-electron chi connectivity index (χ3n) is 12.5. The van der Waals surface area contributed by atoms with Gasteiger partial charge in [-0.2, -0.15) is 0 Å². The van der Waals surface area contributed by atoms with Crippen molar-refractivity contribution in [3.63, 3.8) is 0 Å². The van der Waals surface area contributed by atoms with Crippen LogP contribution in [0, 0.1) is 0 Å². The van der Waals surface area contributed by atoms with Crippen LogP contribution in [-0.4, -0.2) is 26.2 Å². The molecule has 6 aromatic carbocycles. The van der Waals surface area contributed by atoms with E-state index in [1.165, 1.54) is 153 Å². The minimum Gasteiger partial charge on any atom is -0.372 e. The Morgan fingerprint density at radius 1 is 0.457 bits per heavy atom. The van der Waals surface area contributed by atoms with E-state index in [1.54, 1.807) is 0 Å². The molecule has 6 aromatic rings. The van der Waals surface area contributed by atoms with Crippen molar-refractivity contribution in [2.45, 2.75) is 77.0 Å². The van der Waals surface area contributed by atoms with Crippen molar-refractivity contribution >= 4 is 43.7 Å². The van der Waals surface area contributed by atoms with Gasteiger partial charge in [-0.3, -0.25) is 0 Å². The first-order valence-corrected chi connectivity index (χ1v) is 17.9. The molecule has 2 fully saturated rings. The minimum absolute atomic E-state index is 0.0792. The largest absolute Gasteiger partial charge is 0.372 e. The van der Waals surface area contributed by atoms with E-state index in [0.29, 0.717) is 0 Å². The van der Waals surface area contributed by atoms with Crippen LogP contribution >= 0.6 is 0 Å². The molecule has 0 saturated carbocycles. The SMILES string of the molecule is CC1(C)c2cc(N3CCCCC3)ccc2-c2c1c1cccc3c4c(c5cccc2c5c31)C(C)(C)c1cc(N2CCCCC2)ccc1-4. The zero-order valence-corrected chi connectivity index (χ0v) is 27.9. The van der Waals surface area contributed by atoms with Crippen LogP contribution in [0.3, 0.4) is 0 Å². The Balaban J connectivity index is 1.26. The molecule has 0 aromatic heterocycles. The van der Waals surface area contributed by atoms with E-state index in [0.717, 1.165) is 0 Å². The topological polar surface area (TPSA) is 6.48 Å². The number of hydrogen-bond donors (Lipinski definition) is 0. The first-order valence-electron chi connectivity index (χ1n) is 17.9. The number of anilines is 2. The molecule has 2 aliphatic carbocycles. The molecule has 4 aliphatic rings. The maximum absolute atomic E-state index is 2.62. The van der Waals surface area contributed by atoms with Crippen molar-refractivity contribution in [1.82, 2.24) is 0 Å². The number of rotatable bonds is 2. The van der Waals surface area contributed by atoms with E-state index in [2.05, 4.69) is 110 Å². The fraction of sp³-hybridized carbons (Fsp3) is 0.364. The molecule has 0 unspecified atom stereocenters. The predicted octanol–water partition coefficient (Wildman–Crippen LogP) is 11.2. The Bertz CT molecular complexity index is 2060. The average molecular weight is 601 g/mol. The molecule has 0 amide bonds. The number of benzene rings is 6. The number of fused-ring (bicyclic) bond motifs is 10. The highest BCUT2D eigenvalue weighted by Gasteiger charge is 2.43. The zero-order valence-electron chi connectivity index (χ0n) is 27.9. The van der Waals surface area contributed by atoms with E-state index >= 15 is 0 Å². The summed E-state index contributed by atoms with van der Waals surface area (Å²) in [6.45, 7) is 14.6. The minimum atomic E-state index is -0.0792. The second-order valence-corrected chi connectivity index (χ2v) is 15.8. The van der Waals surface area contributed by atoms with Gasteiger partial charge in [-0.25, -0.2) is 0 Å². The monoisotopic (exact) mass is 600 g/mol. The van der Waals surface area contributed by atoms with Gasteiger partial charge in [0.25, 0.3) is 0 Å². The van der Waals surface area contributed by atoms with Crippen molar-refractivity contribution in [3.8, 4) is 22.3 Å². The van der Waals surface area contributed by atoms with Crippen LogP contribution < -0.4 is 9.80 Å². The normalized spacial score (nSPS) is 19.6. The summed E-state index contributed by atoms with van der Waals surface area (Å²) >= 11 is 0. The van der Waals surface area contributed by atoms with Gasteiger partial charge in [0.2, 0.25) is 0 Å². The van der Waals surface area contributed by atoms with Crippen LogP contribution in [0.2, 0.25) is 0 Å². The fourth-order valence-electron chi connectivity index (χ4n) is 10.4. The molecule has 2 saturated heterocycles. The Labute approximate surface area is 273 Å². The Morgan fingerprint density at radius 3 is 1.26 bits per heavy atom. The van der Waals surface area contributed by atoms with E-state index in [9.17, 15) is 0 Å². The lowest BCUT2D eigenvalue weighted by Gasteiger charge is -2.31. The van der Waals surface area contributed by atoms with Crippen molar-refractivity contribution in [1.29, 1.82) is 0 Å². The van der Waals surface area contributed by atoms with Crippen molar-refractivity contribution < 1.29 is 0 Å². The van der Waals surface area contributed by atoms with Gasteiger partial charge in [0, 0.05) is 48.4 Å². The van der Waals surface area contributed by atoms with Crippen LogP contribution in [0.1, 0.15) is 88.5 Å². The lowest BCUT2D eigenvalue weighted by molar-refractivity contribution is 0.577. The quantitative estimate of drug-likeness (QED) is 0.182. The summed E-state index contributed by atoms with van der Waals surface area (Å²) in [5.41, 5.74) is 14.5. The summed E-state index contributed by atoms with van der Waals surface area (Å²) in [5.74, 6) is 0. The predicted molar refractivity (Wildman–Crippen MR) is 197 cm³/mol. The molecule has 10 rings (SSSR count). The molecule has 230 valence electrons. The van der Waals surface area contributed by atoms with Crippen molar-refractivity contribution in [2.24, 2.45) is 0 Å². The molecule has 0 N–H and O–H groups in total. The highest BCUT2D eigenvalue weighted by molar-refractivity contribution is 6.32. The van der Waals surface area contributed by atoms with Crippen LogP contribution in [-0.2, 0) is 10.8 Å². The van der Waals surface area contributed by atoms with Gasteiger partial charge in [0.15, 0.2) is 0 Å². The highest BCUT2D eigenvalue weighted by atomic mass is 15.1. The van der Waals surface area contributed by atoms with Gasteiger partial charge in [-0.1, -0.05) is 76.2 Å². The molecule has 0 spiro atoms. The van der Waals surface area contributed by atoms with E-state index in [1.807, 2.05) is 0 Å². The maximum atomic E-state index is 2.62. The average Bonchev–Trinajstić information content (AvgIpc) is 3.48. The van der Waals surface area contributed by atoms with E-state index in [-0.39, 0.29) is 10.8 Å². The Hall–Kier alpha value is -4.04. The summed E-state index contributed by atoms with van der Waals surface area (Å²) in [5, 5.41) is 8.67. The van der Waals surface area contributed by atoms with Crippen LogP contribution in [0.4, 0.5) is 11.4 Å². The molecule has 2 heteroatoms. The molecule has 0 bridgehead atoms. The number of hydrogen-bond acceptors (Lipinski definition) is 2. The van der Waals surface area contributed by atoms with Crippen LogP contribution in [0.5, 0.6) is 0 Å². The molecule has 2 heterocycles. The number of piperidine rings is 2. The second kappa shape index (κ2) is 9.28. The van der Waals surface area contributed by atoms with Gasteiger partial charge in [0.1, 0.15) is 0 Å². The van der Waals surface area contributed by atoms with Crippen molar-refractivity contribution in [3.05, 3.63) is 95.1 Å². The molecule has 2 aliphatic heterocycles. The van der Waals surface area contributed by atoms with Crippen LogP contribution in [0.15, 0.2) is 72.8 Å². The maximum Gasteiger partial charge on any atom is 0.0369 e. The molecule has 46 heavy (non-hydrogen) atoms. The molecule has 0 atom stereocenters. The molecule has 2 nitrogen and oxygen atoms in total. The van der Waals surface area contributed by atoms with Crippen LogP contribution in [0.25, 0.3) is 54.6 Å². The highest BCUT2D eigenvalue weighted by Crippen LogP contribution is 2.61. The standard InChI is InChI=1S/C44H44N2/c1-43(2)35-25-27(45-21-7-5-8-22-45)17-19-29(35)39-31-13-12-16-34-38(31)37-32(14-11-15-33(37)41(39)43)40-30-20-18-28(46-23-9-6-10-24-46)26-36(30)44(3,4)42(34)40/h11-20,25-26H,5-10,21-24H2,1-4H3. The fourth-order valence-corrected chi connectivity index (χ4v) is 10.4. The summed E-state index contributed by atoms with van der Waals surface area (Å²) < 4.78 is 0. The zero-order chi connectivity index (χ0) is 30.9.